The fourth-order valence-corrected chi connectivity index (χ4v) is 4.31. The molecule has 0 saturated carbocycles. The quantitative estimate of drug-likeness (QED) is 0.401. The molecule has 1 N–H and O–H groups in total. The monoisotopic (exact) mass is 469 g/mol. The standard InChI is InChI=1S/C26H35N3O3S/c1-26(2,30)9-8-20-6-7-25-23(12-20)24(16-28(25)14-21-17-32-18-21)22-13-27-29(15-22)19-31-10-11-33(3,4)5/h6-7,12-13,15-16,21,30H,10-11,14,17-19H2,1-5H3. The molecule has 2 aromatic heterocycles. The van der Waals surface area contributed by atoms with Crippen LogP contribution in [0.5, 0.6) is 0 Å². The highest BCUT2D eigenvalue weighted by atomic mass is 32.3. The third kappa shape index (κ3) is 6.42. The molecule has 0 aliphatic carbocycles. The van der Waals surface area contributed by atoms with Gasteiger partial charge in [-0.2, -0.15) is 5.10 Å². The molecule has 0 spiro atoms. The second-order valence-electron chi connectivity index (χ2n) is 10.2. The fourth-order valence-electron chi connectivity index (χ4n) is 3.69. The molecule has 1 aromatic carbocycles. The SMILES string of the molecule is CC(C)(O)C#Cc1ccc2c(c1)c(-c1cnn(COCCS(C)(C)C)c1)cn2CC1COC1. The second-order valence-corrected chi connectivity index (χ2v) is 14.8. The molecule has 1 fully saturated rings. The van der Waals surface area contributed by atoms with E-state index in [-0.39, 0.29) is 0 Å². The van der Waals surface area contributed by atoms with Gasteiger partial charge in [-0.3, -0.25) is 0 Å². The molecule has 33 heavy (non-hydrogen) atoms. The van der Waals surface area contributed by atoms with Gasteiger partial charge in [0.25, 0.3) is 0 Å². The molecule has 1 aliphatic heterocycles. The van der Waals surface area contributed by atoms with Crippen molar-refractivity contribution in [1.29, 1.82) is 0 Å². The van der Waals surface area contributed by atoms with Gasteiger partial charge in [-0.25, -0.2) is 14.7 Å². The first kappa shape index (κ1) is 23.9. The Morgan fingerprint density at radius 3 is 2.70 bits per heavy atom. The summed E-state index contributed by atoms with van der Waals surface area (Å²) >= 11 is 0. The van der Waals surface area contributed by atoms with E-state index in [0.717, 1.165) is 54.2 Å². The maximum Gasteiger partial charge on any atom is 0.139 e. The number of hydrogen-bond donors (Lipinski definition) is 1. The molecule has 0 radical (unpaired) electrons. The minimum absolute atomic E-state index is 0.454. The molecule has 3 aromatic rings. The van der Waals surface area contributed by atoms with E-state index in [0.29, 0.717) is 12.6 Å². The van der Waals surface area contributed by atoms with Crippen LogP contribution in [0.25, 0.3) is 22.0 Å². The van der Waals surface area contributed by atoms with E-state index in [4.69, 9.17) is 9.47 Å². The van der Waals surface area contributed by atoms with E-state index >= 15 is 0 Å². The summed E-state index contributed by atoms with van der Waals surface area (Å²) in [7, 11) is -0.557. The van der Waals surface area contributed by atoms with E-state index in [2.05, 4.69) is 58.6 Å². The van der Waals surface area contributed by atoms with Crippen LogP contribution in [-0.4, -0.2) is 69.4 Å². The van der Waals surface area contributed by atoms with Crippen LogP contribution in [-0.2, 0) is 22.7 Å². The van der Waals surface area contributed by atoms with Crippen molar-refractivity contribution in [2.75, 3.05) is 44.3 Å². The van der Waals surface area contributed by atoms with E-state index in [1.54, 1.807) is 13.8 Å². The maximum absolute atomic E-state index is 9.99. The largest absolute Gasteiger partial charge is 0.381 e. The lowest BCUT2D eigenvalue weighted by Crippen LogP contribution is -2.31. The predicted octanol–water partition coefficient (Wildman–Crippen LogP) is 3.94. The van der Waals surface area contributed by atoms with Crippen LogP contribution >= 0.6 is 10.0 Å². The lowest BCUT2D eigenvalue weighted by molar-refractivity contribution is -0.0388. The topological polar surface area (TPSA) is 61.4 Å². The van der Waals surface area contributed by atoms with Gasteiger partial charge in [-0.15, -0.1) is 0 Å². The van der Waals surface area contributed by atoms with Crippen molar-refractivity contribution >= 4 is 20.9 Å². The normalized spacial score (nSPS) is 15.3. The fraction of sp³-hybridized carbons (Fsp3) is 0.500. The molecule has 6 nitrogen and oxygen atoms in total. The number of nitrogens with zero attached hydrogens (tertiary/aromatic N) is 3. The van der Waals surface area contributed by atoms with Gasteiger partial charge in [0.2, 0.25) is 0 Å². The van der Waals surface area contributed by atoms with Crippen LogP contribution in [0.3, 0.4) is 0 Å². The zero-order valence-corrected chi connectivity index (χ0v) is 21.1. The average Bonchev–Trinajstić information content (AvgIpc) is 3.29. The van der Waals surface area contributed by atoms with Crippen molar-refractivity contribution in [3.8, 4) is 23.0 Å². The smallest absolute Gasteiger partial charge is 0.139 e. The van der Waals surface area contributed by atoms with Gasteiger partial charge in [-0.05, 0) is 50.8 Å². The molecule has 4 rings (SSSR count). The summed E-state index contributed by atoms with van der Waals surface area (Å²) in [6.07, 6.45) is 13.1. The molecule has 0 bridgehead atoms. The molecule has 0 unspecified atom stereocenters. The first-order valence-corrected chi connectivity index (χ1v) is 14.3. The van der Waals surface area contributed by atoms with Gasteiger partial charge in [0.05, 0.1) is 26.0 Å². The highest BCUT2D eigenvalue weighted by molar-refractivity contribution is 8.32. The molecule has 7 heteroatoms. The van der Waals surface area contributed by atoms with Gasteiger partial charge in [-0.1, -0.05) is 11.8 Å². The lowest BCUT2D eigenvalue weighted by Gasteiger charge is -2.26. The lowest BCUT2D eigenvalue weighted by atomic mass is 10.0. The van der Waals surface area contributed by atoms with Crippen molar-refractivity contribution in [2.24, 2.45) is 5.92 Å². The van der Waals surface area contributed by atoms with Gasteiger partial charge < -0.3 is 19.1 Å². The Bertz CT molecular complexity index is 1170. The number of benzene rings is 1. The van der Waals surface area contributed by atoms with Crippen molar-refractivity contribution in [3.05, 3.63) is 42.4 Å². The average molecular weight is 470 g/mol. The summed E-state index contributed by atoms with van der Waals surface area (Å²) < 4.78 is 15.4. The second kappa shape index (κ2) is 9.55. The summed E-state index contributed by atoms with van der Waals surface area (Å²) in [5, 5.41) is 15.7. The van der Waals surface area contributed by atoms with Crippen LogP contribution in [0.15, 0.2) is 36.8 Å². The van der Waals surface area contributed by atoms with Crippen LogP contribution < -0.4 is 0 Å². The summed E-state index contributed by atoms with van der Waals surface area (Å²) in [5.41, 5.74) is 3.21. The van der Waals surface area contributed by atoms with E-state index in [9.17, 15) is 5.11 Å². The van der Waals surface area contributed by atoms with Gasteiger partial charge in [0.15, 0.2) is 0 Å². The minimum atomic E-state index is -1.02. The number of aromatic nitrogens is 3. The Morgan fingerprint density at radius 1 is 1.24 bits per heavy atom. The Labute approximate surface area is 198 Å². The number of ether oxygens (including phenoxy) is 2. The summed E-state index contributed by atoms with van der Waals surface area (Å²) in [6.45, 7) is 7.15. The minimum Gasteiger partial charge on any atom is -0.381 e. The number of fused-ring (bicyclic) bond motifs is 1. The molecule has 178 valence electrons. The Balaban J connectivity index is 1.61. The highest BCUT2D eigenvalue weighted by Gasteiger charge is 2.21. The Morgan fingerprint density at radius 2 is 2.03 bits per heavy atom. The third-order valence-corrected chi connectivity index (χ3v) is 6.96. The maximum atomic E-state index is 9.99. The van der Waals surface area contributed by atoms with E-state index < -0.39 is 15.6 Å². The van der Waals surface area contributed by atoms with Gasteiger partial charge >= 0.3 is 0 Å². The molecule has 0 atom stereocenters. The number of aliphatic hydroxyl groups is 1. The first-order chi connectivity index (χ1) is 15.6. The van der Waals surface area contributed by atoms with Crippen LogP contribution in [0.1, 0.15) is 19.4 Å². The molecular formula is C26H35N3O3S. The summed E-state index contributed by atoms with van der Waals surface area (Å²) in [4.78, 5) is 0. The highest BCUT2D eigenvalue weighted by Crippen LogP contribution is 2.34. The predicted molar refractivity (Wildman–Crippen MR) is 137 cm³/mol. The van der Waals surface area contributed by atoms with Crippen LogP contribution in [0.2, 0.25) is 0 Å². The van der Waals surface area contributed by atoms with Crippen molar-refractivity contribution in [2.45, 2.75) is 32.7 Å². The summed E-state index contributed by atoms with van der Waals surface area (Å²) in [6, 6.07) is 6.25. The molecular weight excluding hydrogens is 434 g/mol. The van der Waals surface area contributed by atoms with Crippen LogP contribution in [0.4, 0.5) is 0 Å². The van der Waals surface area contributed by atoms with Crippen molar-refractivity contribution < 1.29 is 14.6 Å². The Kier molecular flexibility index (Phi) is 6.92. The van der Waals surface area contributed by atoms with Crippen molar-refractivity contribution in [3.63, 3.8) is 0 Å². The van der Waals surface area contributed by atoms with E-state index in [1.165, 1.54) is 5.52 Å². The van der Waals surface area contributed by atoms with Crippen molar-refractivity contribution in [1.82, 2.24) is 14.3 Å². The number of rotatable bonds is 8. The molecule has 1 saturated heterocycles. The molecule has 0 amide bonds. The Hall–Kier alpha value is -2.24. The zero-order chi connectivity index (χ0) is 23.6. The van der Waals surface area contributed by atoms with Crippen LogP contribution in [0, 0.1) is 17.8 Å². The molecule has 1 aliphatic rings. The summed E-state index contributed by atoms with van der Waals surface area (Å²) in [5.74, 6) is 7.66. The van der Waals surface area contributed by atoms with Gasteiger partial charge in [0, 0.05) is 58.2 Å². The third-order valence-electron chi connectivity index (χ3n) is 5.56. The number of hydrogen-bond acceptors (Lipinski definition) is 4. The van der Waals surface area contributed by atoms with E-state index in [1.807, 2.05) is 23.1 Å². The molecule has 3 heterocycles. The zero-order valence-electron chi connectivity index (χ0n) is 20.3. The first-order valence-electron chi connectivity index (χ1n) is 11.3. The van der Waals surface area contributed by atoms with Gasteiger partial charge in [0.1, 0.15) is 12.3 Å².